The fourth-order valence-electron chi connectivity index (χ4n) is 3.45. The Morgan fingerprint density at radius 3 is 3.03 bits per heavy atom. The zero-order valence-electron chi connectivity index (χ0n) is 16.6. The lowest BCUT2D eigenvalue weighted by Gasteiger charge is -2.08. The number of imidazole rings is 1. The number of alkyl halides is 1. The Morgan fingerprint density at radius 1 is 1.40 bits per heavy atom. The predicted molar refractivity (Wildman–Crippen MR) is 125 cm³/mol. The number of rotatable bonds is 7. The van der Waals surface area contributed by atoms with E-state index < -0.39 is 0 Å². The van der Waals surface area contributed by atoms with Crippen LogP contribution in [-0.2, 0) is 13.0 Å². The summed E-state index contributed by atoms with van der Waals surface area (Å²) in [7, 11) is 0. The van der Waals surface area contributed by atoms with Crippen LogP contribution in [0, 0.1) is 5.82 Å². The van der Waals surface area contributed by atoms with Crippen LogP contribution < -0.4 is 15.4 Å². The van der Waals surface area contributed by atoms with E-state index in [9.17, 15) is 4.39 Å². The Kier molecular flexibility index (Phi) is 6.17. The van der Waals surface area contributed by atoms with Crippen molar-refractivity contribution in [2.45, 2.75) is 30.4 Å². The molecule has 2 N–H and O–H groups in total. The van der Waals surface area contributed by atoms with Crippen LogP contribution in [-0.4, -0.2) is 19.0 Å². The van der Waals surface area contributed by atoms with Gasteiger partial charge in [-0.05, 0) is 55.2 Å². The number of nitrogens with zero attached hydrogens (tertiary/aromatic N) is 2. The zero-order valence-corrected chi connectivity index (χ0v) is 18.7. The van der Waals surface area contributed by atoms with Crippen LogP contribution in [0.3, 0.4) is 0 Å². The van der Waals surface area contributed by atoms with Gasteiger partial charge < -0.3 is 14.7 Å². The van der Waals surface area contributed by atoms with E-state index in [1.165, 1.54) is 6.07 Å². The molecule has 1 aliphatic rings. The summed E-state index contributed by atoms with van der Waals surface area (Å²) in [6.45, 7) is 5.84. The SMILES string of the molecule is C=Cc1[nH]c(COc2ccc(Cc3c[nH]c4c3=CCC(I)N=4)cc2F)nc1/C=C\C. The van der Waals surface area contributed by atoms with Gasteiger partial charge >= 0.3 is 0 Å². The smallest absolute Gasteiger partial charge is 0.165 e. The lowest BCUT2D eigenvalue weighted by Crippen LogP contribution is -2.30. The fraction of sp³-hybridized carbons (Fsp3) is 0.217. The van der Waals surface area contributed by atoms with Gasteiger partial charge in [0.25, 0.3) is 0 Å². The maximum atomic E-state index is 14.6. The molecule has 30 heavy (non-hydrogen) atoms. The van der Waals surface area contributed by atoms with E-state index in [2.05, 4.69) is 55.2 Å². The highest BCUT2D eigenvalue weighted by Crippen LogP contribution is 2.21. The van der Waals surface area contributed by atoms with Crippen LogP contribution in [0.1, 0.15) is 41.7 Å². The first kappa shape index (κ1) is 20.6. The molecule has 4 rings (SSSR count). The van der Waals surface area contributed by atoms with Crippen molar-refractivity contribution in [3.8, 4) is 5.75 Å². The van der Waals surface area contributed by atoms with E-state index in [0.29, 0.717) is 12.2 Å². The third kappa shape index (κ3) is 4.40. The largest absolute Gasteiger partial charge is 0.483 e. The topological polar surface area (TPSA) is 66.1 Å². The molecule has 2 aromatic heterocycles. The third-order valence-corrected chi connectivity index (χ3v) is 5.65. The molecule has 7 heteroatoms. The van der Waals surface area contributed by atoms with Crippen molar-refractivity contribution in [2.75, 3.05) is 0 Å². The molecule has 0 spiro atoms. The second-order valence-corrected chi connectivity index (χ2v) is 8.43. The molecule has 0 amide bonds. The van der Waals surface area contributed by atoms with Gasteiger partial charge in [-0.3, -0.25) is 4.99 Å². The average Bonchev–Trinajstić information content (AvgIpc) is 3.31. The Morgan fingerprint density at radius 2 is 2.27 bits per heavy atom. The first-order valence-corrected chi connectivity index (χ1v) is 11.0. The molecular weight excluding hydrogens is 494 g/mol. The molecule has 1 aliphatic heterocycles. The predicted octanol–water partition coefficient (Wildman–Crippen LogP) is 4.29. The Labute approximate surface area is 187 Å². The number of allylic oxidation sites excluding steroid dienone is 1. The van der Waals surface area contributed by atoms with E-state index in [-0.39, 0.29) is 22.2 Å². The maximum absolute atomic E-state index is 14.6. The normalized spacial score (nSPS) is 15.5. The Hall–Kier alpha value is -2.68. The van der Waals surface area contributed by atoms with Crippen molar-refractivity contribution in [1.29, 1.82) is 0 Å². The standard InChI is InChI=1S/C23H22FIN4O/c1-3-5-19-18(4-2)27-22(28-19)13-30-20-8-6-14(11-17(20)24)10-15-12-26-23-16(15)7-9-21(25)29-23/h3-8,11-12,21H,2,9-10,13H2,1H3,(H,26,29)(H,27,28)/b5-3-. The molecule has 5 nitrogen and oxygen atoms in total. The number of hydrogen-bond acceptors (Lipinski definition) is 3. The van der Waals surface area contributed by atoms with Gasteiger partial charge in [-0.15, -0.1) is 0 Å². The van der Waals surface area contributed by atoms with Crippen LogP contribution in [0.2, 0.25) is 0 Å². The van der Waals surface area contributed by atoms with Gasteiger partial charge in [-0.25, -0.2) is 9.37 Å². The van der Waals surface area contributed by atoms with Crippen molar-refractivity contribution >= 4 is 40.8 Å². The Bertz CT molecular complexity index is 1220. The summed E-state index contributed by atoms with van der Waals surface area (Å²) >= 11 is 2.32. The number of H-pyrrole nitrogens is 2. The minimum atomic E-state index is -0.387. The molecule has 0 saturated carbocycles. The number of nitrogens with one attached hydrogen (secondary N) is 2. The minimum absolute atomic E-state index is 0.147. The molecular formula is C23H22FIN4O. The summed E-state index contributed by atoms with van der Waals surface area (Å²) in [5.41, 5.74) is 4.51. The van der Waals surface area contributed by atoms with Gasteiger partial charge in [0.15, 0.2) is 11.6 Å². The van der Waals surface area contributed by atoms with Gasteiger partial charge in [0.1, 0.15) is 22.0 Å². The van der Waals surface area contributed by atoms with Gasteiger partial charge in [-0.2, -0.15) is 0 Å². The molecule has 1 unspecified atom stereocenters. The van der Waals surface area contributed by atoms with Crippen LogP contribution >= 0.6 is 22.6 Å². The summed E-state index contributed by atoms with van der Waals surface area (Å²) in [6, 6.07) is 5.09. The van der Waals surface area contributed by atoms with Crippen LogP contribution in [0.4, 0.5) is 4.39 Å². The number of ether oxygens (including phenoxy) is 1. The third-order valence-electron chi connectivity index (χ3n) is 4.86. The molecule has 0 bridgehead atoms. The van der Waals surface area contributed by atoms with Crippen molar-refractivity contribution in [2.24, 2.45) is 4.99 Å². The molecule has 3 heterocycles. The number of fused-ring (bicyclic) bond motifs is 1. The Balaban J connectivity index is 1.47. The summed E-state index contributed by atoms with van der Waals surface area (Å²) in [5, 5.41) is 1.12. The van der Waals surface area contributed by atoms with E-state index in [0.717, 1.165) is 39.6 Å². The molecule has 154 valence electrons. The second kappa shape index (κ2) is 8.99. The van der Waals surface area contributed by atoms with E-state index in [4.69, 9.17) is 4.74 Å². The quantitative estimate of drug-likeness (QED) is 0.280. The fourth-order valence-corrected chi connectivity index (χ4v) is 3.98. The van der Waals surface area contributed by atoms with Gasteiger partial charge in [0.05, 0.1) is 11.4 Å². The van der Waals surface area contributed by atoms with Crippen LogP contribution in [0.15, 0.2) is 42.0 Å². The van der Waals surface area contributed by atoms with Gasteiger partial charge in [0.2, 0.25) is 0 Å². The highest BCUT2D eigenvalue weighted by molar-refractivity contribution is 14.1. The monoisotopic (exact) mass is 516 g/mol. The van der Waals surface area contributed by atoms with E-state index >= 15 is 0 Å². The zero-order chi connectivity index (χ0) is 21.1. The van der Waals surface area contributed by atoms with Gasteiger partial charge in [-0.1, -0.05) is 47.4 Å². The maximum Gasteiger partial charge on any atom is 0.165 e. The van der Waals surface area contributed by atoms with Crippen LogP contribution in [0.25, 0.3) is 18.2 Å². The lowest BCUT2D eigenvalue weighted by molar-refractivity contribution is 0.282. The van der Waals surface area contributed by atoms with Crippen molar-refractivity contribution in [3.63, 3.8) is 0 Å². The molecule has 0 radical (unpaired) electrons. The first-order chi connectivity index (χ1) is 14.6. The average molecular weight is 516 g/mol. The second-order valence-electron chi connectivity index (χ2n) is 7.00. The highest BCUT2D eigenvalue weighted by Gasteiger charge is 2.12. The molecule has 1 aromatic carbocycles. The van der Waals surface area contributed by atoms with E-state index in [1.807, 2.05) is 31.3 Å². The molecule has 1 atom stereocenters. The molecule has 0 fully saturated rings. The molecule has 3 aromatic rings. The highest BCUT2D eigenvalue weighted by atomic mass is 127. The van der Waals surface area contributed by atoms with Crippen molar-refractivity contribution in [3.05, 3.63) is 81.9 Å². The van der Waals surface area contributed by atoms with Gasteiger partial charge in [0, 0.05) is 11.4 Å². The first-order valence-electron chi connectivity index (χ1n) is 9.71. The number of halogens is 2. The van der Waals surface area contributed by atoms with Crippen LogP contribution in [0.5, 0.6) is 5.75 Å². The number of aromatic nitrogens is 3. The number of hydrogen-bond donors (Lipinski definition) is 2. The molecule has 0 aliphatic carbocycles. The number of aromatic amines is 2. The lowest BCUT2D eigenvalue weighted by atomic mass is 10.0. The summed E-state index contributed by atoms with van der Waals surface area (Å²) in [5.74, 6) is 0.434. The molecule has 0 saturated heterocycles. The summed E-state index contributed by atoms with van der Waals surface area (Å²) in [6.07, 6.45) is 11.2. The summed E-state index contributed by atoms with van der Waals surface area (Å²) in [4.78, 5) is 15.4. The van der Waals surface area contributed by atoms with Crippen molar-refractivity contribution < 1.29 is 9.13 Å². The summed E-state index contributed by atoms with van der Waals surface area (Å²) < 4.78 is 20.5. The minimum Gasteiger partial charge on any atom is -0.483 e. The van der Waals surface area contributed by atoms with Crippen molar-refractivity contribution in [1.82, 2.24) is 15.0 Å². The van der Waals surface area contributed by atoms with E-state index in [1.54, 1.807) is 12.1 Å². The number of benzene rings is 1.